The van der Waals surface area contributed by atoms with Crippen LogP contribution in [-0.2, 0) is 14.3 Å². The molecule has 0 radical (unpaired) electrons. The summed E-state index contributed by atoms with van der Waals surface area (Å²) in [6.07, 6.45) is 0. The van der Waals surface area contributed by atoms with E-state index in [1.807, 2.05) is 0 Å². The van der Waals surface area contributed by atoms with Crippen molar-refractivity contribution in [2.75, 3.05) is 6.61 Å². The van der Waals surface area contributed by atoms with Gasteiger partial charge >= 0.3 is 5.97 Å². The Hall–Kier alpha value is -1.25. The lowest BCUT2D eigenvalue weighted by molar-refractivity contribution is -0.147. The lowest BCUT2D eigenvalue weighted by Gasteiger charge is -2.15. The smallest absolute Gasteiger partial charge is 0.349 e. The van der Waals surface area contributed by atoms with Crippen molar-refractivity contribution in [3.8, 4) is 0 Å². The van der Waals surface area contributed by atoms with E-state index in [-0.39, 0.29) is 12.4 Å². The molecule has 0 bridgehead atoms. The molecule has 1 fully saturated rings. The lowest BCUT2D eigenvalue weighted by Crippen LogP contribution is -2.19. The predicted molar refractivity (Wildman–Crippen MR) is 30.3 cm³/mol. The Balaban J connectivity index is 2.64. The summed E-state index contributed by atoms with van der Waals surface area (Å²) in [6.45, 7) is 6.75. The Bertz CT molecular complexity index is 181. The van der Waals surface area contributed by atoms with Crippen molar-refractivity contribution in [2.24, 2.45) is 0 Å². The first-order valence-electron chi connectivity index (χ1n) is 2.42. The molecule has 48 valence electrons. The van der Waals surface area contributed by atoms with Gasteiger partial charge in [-0.25, -0.2) is 4.79 Å². The van der Waals surface area contributed by atoms with Crippen molar-refractivity contribution in [3.05, 3.63) is 24.7 Å². The molecule has 0 aromatic carbocycles. The third-order valence-corrected chi connectivity index (χ3v) is 0.912. The highest BCUT2D eigenvalue weighted by molar-refractivity contribution is 5.73. The number of carbonyl (C=O) groups excluding carboxylic acids is 1. The molecule has 0 aromatic rings. The molecule has 1 heterocycles. The van der Waals surface area contributed by atoms with Crippen LogP contribution in [0.25, 0.3) is 0 Å². The maximum absolute atomic E-state index is 10.4. The standard InChI is InChI=1S/C6H6O3/c1-4-5(2)9-6(7)3-8-4/h1-3H2. The van der Waals surface area contributed by atoms with E-state index in [4.69, 9.17) is 4.74 Å². The highest BCUT2D eigenvalue weighted by Gasteiger charge is 2.16. The molecular formula is C6H6O3. The molecule has 1 aliphatic rings. The summed E-state index contributed by atoms with van der Waals surface area (Å²) in [5, 5.41) is 0. The van der Waals surface area contributed by atoms with Crippen LogP contribution in [-0.4, -0.2) is 12.6 Å². The van der Waals surface area contributed by atoms with Crippen LogP contribution in [0.4, 0.5) is 0 Å². The van der Waals surface area contributed by atoms with Crippen molar-refractivity contribution in [1.29, 1.82) is 0 Å². The summed E-state index contributed by atoms with van der Waals surface area (Å²) in [5.41, 5.74) is 0. The number of carbonyl (C=O) groups is 1. The minimum Gasteiger partial charge on any atom is -0.479 e. The average molecular weight is 126 g/mol. The molecule has 3 nitrogen and oxygen atoms in total. The fourth-order valence-electron chi connectivity index (χ4n) is 0.450. The van der Waals surface area contributed by atoms with Gasteiger partial charge in [0.05, 0.1) is 0 Å². The lowest BCUT2D eigenvalue weighted by atomic mass is 10.4. The van der Waals surface area contributed by atoms with Crippen LogP contribution >= 0.6 is 0 Å². The molecule has 3 heteroatoms. The zero-order chi connectivity index (χ0) is 6.85. The van der Waals surface area contributed by atoms with Crippen LogP contribution in [0.15, 0.2) is 24.7 Å². The molecule has 0 N–H and O–H groups in total. The van der Waals surface area contributed by atoms with Crippen LogP contribution in [0, 0.1) is 0 Å². The van der Waals surface area contributed by atoms with Gasteiger partial charge in [-0.3, -0.25) is 0 Å². The molecule has 1 aliphatic heterocycles. The van der Waals surface area contributed by atoms with Gasteiger partial charge in [0.2, 0.25) is 0 Å². The predicted octanol–water partition coefficient (Wildman–Crippen LogP) is 0.587. The average Bonchev–Trinajstić information content (AvgIpc) is 1.80. The number of esters is 1. The first-order chi connectivity index (χ1) is 4.20. The van der Waals surface area contributed by atoms with Crippen molar-refractivity contribution < 1.29 is 14.3 Å². The topological polar surface area (TPSA) is 35.5 Å². The fraction of sp³-hybridized carbons (Fsp3) is 0.167. The SMILES string of the molecule is C=C1OCC(=O)OC1=C. The maximum Gasteiger partial charge on any atom is 0.349 e. The van der Waals surface area contributed by atoms with Gasteiger partial charge < -0.3 is 9.47 Å². The van der Waals surface area contributed by atoms with Gasteiger partial charge in [-0.05, 0) is 0 Å². The summed E-state index contributed by atoms with van der Waals surface area (Å²) in [5.74, 6) is 0.105. The summed E-state index contributed by atoms with van der Waals surface area (Å²) in [4.78, 5) is 10.4. The number of hydrogen-bond acceptors (Lipinski definition) is 3. The van der Waals surface area contributed by atoms with Gasteiger partial charge in [-0.2, -0.15) is 0 Å². The molecule has 0 aromatic heterocycles. The van der Waals surface area contributed by atoms with Crippen LogP contribution in [0.1, 0.15) is 0 Å². The van der Waals surface area contributed by atoms with Crippen molar-refractivity contribution >= 4 is 5.97 Å². The first-order valence-corrected chi connectivity index (χ1v) is 2.42. The third-order valence-electron chi connectivity index (χ3n) is 0.912. The van der Waals surface area contributed by atoms with Crippen molar-refractivity contribution in [2.45, 2.75) is 0 Å². The second-order valence-electron chi connectivity index (χ2n) is 1.61. The van der Waals surface area contributed by atoms with E-state index in [9.17, 15) is 4.79 Å². The highest BCUT2D eigenvalue weighted by Crippen LogP contribution is 2.13. The number of cyclic esters (lactones) is 1. The number of ether oxygens (including phenoxy) is 2. The Morgan fingerprint density at radius 2 is 2.00 bits per heavy atom. The summed E-state index contributed by atoms with van der Waals surface area (Å²) >= 11 is 0. The molecular weight excluding hydrogens is 120 g/mol. The molecule has 0 atom stereocenters. The van der Waals surface area contributed by atoms with E-state index in [0.717, 1.165) is 0 Å². The highest BCUT2D eigenvalue weighted by atomic mass is 16.6. The van der Waals surface area contributed by atoms with E-state index in [0.29, 0.717) is 5.76 Å². The number of hydrogen-bond donors (Lipinski definition) is 0. The molecule has 0 unspecified atom stereocenters. The molecule has 0 saturated carbocycles. The van der Waals surface area contributed by atoms with E-state index in [1.165, 1.54) is 0 Å². The van der Waals surface area contributed by atoms with Crippen LogP contribution in [0.5, 0.6) is 0 Å². The fourth-order valence-corrected chi connectivity index (χ4v) is 0.450. The Morgan fingerprint density at radius 3 is 2.44 bits per heavy atom. The first kappa shape index (κ1) is 5.88. The Kier molecular flexibility index (Phi) is 1.26. The second kappa shape index (κ2) is 1.93. The minimum absolute atomic E-state index is 0.0577. The van der Waals surface area contributed by atoms with Crippen molar-refractivity contribution in [1.82, 2.24) is 0 Å². The third kappa shape index (κ3) is 1.10. The van der Waals surface area contributed by atoms with Gasteiger partial charge in [-0.15, -0.1) is 0 Å². The zero-order valence-electron chi connectivity index (χ0n) is 4.85. The van der Waals surface area contributed by atoms with Gasteiger partial charge in [0.25, 0.3) is 0 Å². The van der Waals surface area contributed by atoms with Crippen LogP contribution in [0.2, 0.25) is 0 Å². The van der Waals surface area contributed by atoms with Gasteiger partial charge in [0.15, 0.2) is 18.1 Å². The Labute approximate surface area is 52.6 Å². The van der Waals surface area contributed by atoms with E-state index in [1.54, 1.807) is 0 Å². The number of rotatable bonds is 0. The van der Waals surface area contributed by atoms with Gasteiger partial charge in [-0.1, -0.05) is 13.2 Å². The monoisotopic (exact) mass is 126 g/mol. The molecule has 0 amide bonds. The summed E-state index contributed by atoms with van der Waals surface area (Å²) in [6, 6.07) is 0. The van der Waals surface area contributed by atoms with Crippen LogP contribution < -0.4 is 0 Å². The minimum atomic E-state index is -0.424. The Morgan fingerprint density at radius 1 is 1.33 bits per heavy atom. The maximum atomic E-state index is 10.4. The van der Waals surface area contributed by atoms with E-state index in [2.05, 4.69) is 17.9 Å². The normalized spacial score (nSPS) is 18.9. The molecule has 0 spiro atoms. The van der Waals surface area contributed by atoms with Crippen molar-refractivity contribution in [3.63, 3.8) is 0 Å². The molecule has 1 saturated heterocycles. The molecule has 0 aliphatic carbocycles. The largest absolute Gasteiger partial charge is 0.479 e. The van der Waals surface area contributed by atoms with E-state index < -0.39 is 5.97 Å². The molecule has 1 rings (SSSR count). The van der Waals surface area contributed by atoms with Crippen LogP contribution in [0.3, 0.4) is 0 Å². The summed E-state index contributed by atoms with van der Waals surface area (Å²) < 4.78 is 9.27. The van der Waals surface area contributed by atoms with Gasteiger partial charge in [0, 0.05) is 0 Å². The van der Waals surface area contributed by atoms with E-state index >= 15 is 0 Å². The second-order valence-corrected chi connectivity index (χ2v) is 1.61. The summed E-state index contributed by atoms with van der Waals surface area (Å²) in [7, 11) is 0. The van der Waals surface area contributed by atoms with Gasteiger partial charge in [0.1, 0.15) is 0 Å². The quantitative estimate of drug-likeness (QED) is 0.445. The zero-order valence-corrected chi connectivity index (χ0v) is 4.85. The molecule has 9 heavy (non-hydrogen) atoms.